The summed E-state index contributed by atoms with van der Waals surface area (Å²) in [5.74, 6) is 3.38. The van der Waals surface area contributed by atoms with Gasteiger partial charge in [-0.3, -0.25) is 14.8 Å². The predicted octanol–water partition coefficient (Wildman–Crippen LogP) is 1.69. The Morgan fingerprint density at radius 2 is 2.29 bits per heavy atom. The maximum Gasteiger partial charge on any atom is 0.229 e. The summed E-state index contributed by atoms with van der Waals surface area (Å²) in [7, 11) is 0. The largest absolute Gasteiger partial charge is 0.294 e. The van der Waals surface area contributed by atoms with Gasteiger partial charge in [0, 0.05) is 36.1 Å². The topological polar surface area (TPSA) is 49.0 Å². The highest BCUT2D eigenvalue weighted by atomic mass is 16.2. The minimum absolute atomic E-state index is 0.000456. The second-order valence-corrected chi connectivity index (χ2v) is 5.46. The maximum absolute atomic E-state index is 11.8. The third-order valence-electron chi connectivity index (χ3n) is 3.01. The Kier molecular flexibility index (Phi) is 2.70. The molecule has 2 heterocycles. The molecule has 1 unspecified atom stereocenters. The highest BCUT2D eigenvalue weighted by molar-refractivity contribution is 5.95. The van der Waals surface area contributed by atoms with Gasteiger partial charge < -0.3 is 0 Å². The van der Waals surface area contributed by atoms with Crippen LogP contribution in [0.4, 0.5) is 5.82 Å². The Labute approximate surface area is 101 Å². The number of nitrogens with one attached hydrogen (secondary N) is 1. The van der Waals surface area contributed by atoms with Gasteiger partial charge in [0.25, 0.3) is 0 Å². The maximum atomic E-state index is 11.8. The fourth-order valence-electron chi connectivity index (χ4n) is 1.87. The molecule has 17 heavy (non-hydrogen) atoms. The number of aromatic nitrogens is 2. The normalized spacial score (nSPS) is 20.7. The molecule has 0 radical (unpaired) electrons. The van der Waals surface area contributed by atoms with E-state index in [0.717, 1.165) is 5.69 Å². The van der Waals surface area contributed by atoms with Crippen LogP contribution in [0.1, 0.15) is 32.9 Å². The average molecular weight is 231 g/mol. The molecule has 0 aromatic carbocycles. The minimum atomic E-state index is -0.000456. The summed E-state index contributed by atoms with van der Waals surface area (Å²) >= 11 is 0. The molecule has 2 rings (SSSR count). The average Bonchev–Trinajstić information content (AvgIpc) is 2.82. The molecule has 1 N–H and O–H groups in total. The number of anilines is 1. The molecule has 1 aromatic rings. The van der Waals surface area contributed by atoms with Gasteiger partial charge in [-0.2, -0.15) is 5.10 Å². The number of H-pyrrole nitrogens is 1. The third kappa shape index (κ3) is 2.19. The van der Waals surface area contributed by atoms with Crippen molar-refractivity contribution in [2.45, 2.75) is 32.6 Å². The van der Waals surface area contributed by atoms with Crippen LogP contribution in [0.2, 0.25) is 0 Å². The quantitative estimate of drug-likeness (QED) is 0.748. The molecule has 4 nitrogen and oxygen atoms in total. The summed E-state index contributed by atoms with van der Waals surface area (Å²) in [5.41, 5.74) is 1.02. The van der Waals surface area contributed by atoms with E-state index in [4.69, 9.17) is 6.42 Å². The highest BCUT2D eigenvalue weighted by Crippen LogP contribution is 2.27. The zero-order valence-electron chi connectivity index (χ0n) is 10.4. The number of nitrogens with zero attached hydrogens (tertiary/aromatic N) is 2. The van der Waals surface area contributed by atoms with Gasteiger partial charge in [-0.25, -0.2) is 0 Å². The van der Waals surface area contributed by atoms with Crippen LogP contribution in [0, 0.1) is 18.3 Å². The van der Waals surface area contributed by atoms with Gasteiger partial charge in [-0.05, 0) is 0 Å². The Balaban J connectivity index is 2.22. The van der Waals surface area contributed by atoms with Gasteiger partial charge in [0.15, 0.2) is 5.82 Å². The number of terminal acetylenes is 1. The van der Waals surface area contributed by atoms with Crippen LogP contribution in [0.3, 0.4) is 0 Å². The van der Waals surface area contributed by atoms with Crippen LogP contribution < -0.4 is 4.90 Å². The molecule has 1 aliphatic rings. The van der Waals surface area contributed by atoms with E-state index in [1.807, 2.05) is 6.07 Å². The molecule has 90 valence electrons. The Morgan fingerprint density at radius 1 is 1.59 bits per heavy atom. The first kappa shape index (κ1) is 11.7. The van der Waals surface area contributed by atoms with Crippen LogP contribution >= 0.6 is 0 Å². The molecular formula is C13H17N3O. The van der Waals surface area contributed by atoms with E-state index >= 15 is 0 Å². The van der Waals surface area contributed by atoms with Crippen LogP contribution in [0.15, 0.2) is 6.07 Å². The van der Waals surface area contributed by atoms with Crippen molar-refractivity contribution in [2.75, 3.05) is 11.4 Å². The SMILES string of the molecule is C#CC1CC(=O)N(c2cc(C(C)(C)C)[nH]n2)C1. The van der Waals surface area contributed by atoms with Gasteiger partial charge in [0.2, 0.25) is 5.91 Å². The van der Waals surface area contributed by atoms with Crippen LogP contribution in [0.25, 0.3) is 0 Å². The summed E-state index contributed by atoms with van der Waals surface area (Å²) in [6.07, 6.45) is 5.78. The predicted molar refractivity (Wildman–Crippen MR) is 66.6 cm³/mol. The van der Waals surface area contributed by atoms with Gasteiger partial charge in [-0.15, -0.1) is 12.3 Å². The van der Waals surface area contributed by atoms with Gasteiger partial charge >= 0.3 is 0 Å². The van der Waals surface area contributed by atoms with Crippen molar-refractivity contribution in [2.24, 2.45) is 5.92 Å². The molecule has 1 aliphatic heterocycles. The lowest BCUT2D eigenvalue weighted by Gasteiger charge is -2.15. The van der Waals surface area contributed by atoms with E-state index in [-0.39, 0.29) is 17.2 Å². The monoisotopic (exact) mass is 231 g/mol. The zero-order chi connectivity index (χ0) is 12.6. The smallest absolute Gasteiger partial charge is 0.229 e. The first-order valence-corrected chi connectivity index (χ1v) is 5.74. The van der Waals surface area contributed by atoms with Crippen molar-refractivity contribution in [3.8, 4) is 12.3 Å². The molecule has 1 fully saturated rings. The molecule has 1 amide bonds. The van der Waals surface area contributed by atoms with Crippen molar-refractivity contribution in [3.63, 3.8) is 0 Å². The highest BCUT2D eigenvalue weighted by Gasteiger charge is 2.31. The first-order valence-electron chi connectivity index (χ1n) is 5.74. The zero-order valence-corrected chi connectivity index (χ0v) is 10.4. The van der Waals surface area contributed by atoms with Crippen LogP contribution in [0.5, 0.6) is 0 Å². The number of hydrogen-bond donors (Lipinski definition) is 1. The van der Waals surface area contributed by atoms with Crippen molar-refractivity contribution < 1.29 is 4.79 Å². The van der Waals surface area contributed by atoms with E-state index in [9.17, 15) is 4.79 Å². The van der Waals surface area contributed by atoms with Crippen molar-refractivity contribution in [3.05, 3.63) is 11.8 Å². The van der Waals surface area contributed by atoms with Gasteiger partial charge in [0.05, 0.1) is 0 Å². The molecule has 0 bridgehead atoms. The lowest BCUT2D eigenvalue weighted by molar-refractivity contribution is -0.117. The lowest BCUT2D eigenvalue weighted by atomic mass is 9.92. The summed E-state index contributed by atoms with van der Waals surface area (Å²) in [6.45, 7) is 6.87. The Bertz CT molecular complexity index is 476. The Morgan fingerprint density at radius 3 is 2.76 bits per heavy atom. The molecule has 0 spiro atoms. The fraction of sp³-hybridized carbons (Fsp3) is 0.538. The van der Waals surface area contributed by atoms with Crippen molar-refractivity contribution in [1.29, 1.82) is 0 Å². The molecule has 1 saturated heterocycles. The number of hydrogen-bond acceptors (Lipinski definition) is 2. The fourth-order valence-corrected chi connectivity index (χ4v) is 1.87. The number of aromatic amines is 1. The van der Waals surface area contributed by atoms with Gasteiger partial charge in [-0.1, -0.05) is 20.8 Å². The third-order valence-corrected chi connectivity index (χ3v) is 3.01. The standard InChI is InChI=1S/C13H17N3O/c1-5-9-6-12(17)16(8-9)11-7-10(14-15-11)13(2,3)4/h1,7,9H,6,8H2,2-4H3,(H,14,15). The second-order valence-electron chi connectivity index (χ2n) is 5.46. The molecule has 1 atom stereocenters. The molecule has 0 saturated carbocycles. The number of carbonyl (C=O) groups is 1. The van der Waals surface area contributed by atoms with Crippen molar-refractivity contribution >= 4 is 11.7 Å². The lowest BCUT2D eigenvalue weighted by Crippen LogP contribution is -2.24. The Hall–Kier alpha value is -1.76. The van der Waals surface area contributed by atoms with E-state index in [0.29, 0.717) is 18.8 Å². The summed E-state index contributed by atoms with van der Waals surface area (Å²) in [4.78, 5) is 13.4. The summed E-state index contributed by atoms with van der Waals surface area (Å²) in [5, 5.41) is 7.18. The number of carbonyl (C=O) groups excluding carboxylic acids is 1. The van der Waals surface area contributed by atoms with E-state index in [1.54, 1.807) is 4.90 Å². The second kappa shape index (κ2) is 3.92. The van der Waals surface area contributed by atoms with Gasteiger partial charge in [0.1, 0.15) is 0 Å². The molecular weight excluding hydrogens is 214 g/mol. The number of rotatable bonds is 1. The van der Waals surface area contributed by atoms with E-state index in [1.165, 1.54) is 0 Å². The molecule has 0 aliphatic carbocycles. The molecule has 1 aromatic heterocycles. The summed E-state index contributed by atoms with van der Waals surface area (Å²) in [6, 6.07) is 1.93. The van der Waals surface area contributed by atoms with E-state index in [2.05, 4.69) is 36.9 Å². The van der Waals surface area contributed by atoms with Crippen LogP contribution in [-0.2, 0) is 10.2 Å². The van der Waals surface area contributed by atoms with Crippen molar-refractivity contribution in [1.82, 2.24) is 10.2 Å². The number of amides is 1. The van der Waals surface area contributed by atoms with E-state index < -0.39 is 0 Å². The first-order chi connectivity index (χ1) is 7.91. The summed E-state index contributed by atoms with van der Waals surface area (Å²) < 4.78 is 0. The van der Waals surface area contributed by atoms with Crippen LogP contribution in [-0.4, -0.2) is 22.6 Å². The molecule has 4 heteroatoms. The minimum Gasteiger partial charge on any atom is -0.294 e.